The molecule has 3 aromatic carbocycles. The minimum absolute atomic E-state index is 0.697. The van der Waals surface area contributed by atoms with Crippen LogP contribution in [-0.2, 0) is 13.6 Å². The van der Waals surface area contributed by atoms with Crippen LogP contribution in [0.15, 0.2) is 54.9 Å². The van der Waals surface area contributed by atoms with Gasteiger partial charge in [-0.05, 0) is 54.8 Å². The summed E-state index contributed by atoms with van der Waals surface area (Å²) >= 11 is 0. The van der Waals surface area contributed by atoms with Crippen molar-refractivity contribution in [1.82, 2.24) is 14.9 Å². The number of imidazole rings is 1. The molecule has 1 aliphatic carbocycles. The van der Waals surface area contributed by atoms with Crippen molar-refractivity contribution in [3.8, 4) is 28.6 Å². The first-order chi connectivity index (χ1) is 15.1. The molecule has 0 saturated heterocycles. The zero-order valence-electron chi connectivity index (χ0n) is 18.2. The molecule has 31 heavy (non-hydrogen) atoms. The van der Waals surface area contributed by atoms with Crippen LogP contribution in [0.5, 0.6) is 0 Å². The third-order valence-electron chi connectivity index (χ3n) is 6.24. The highest BCUT2D eigenvalue weighted by Crippen LogP contribution is 2.38. The highest BCUT2D eigenvalue weighted by molar-refractivity contribution is 6.01. The van der Waals surface area contributed by atoms with Gasteiger partial charge in [0.1, 0.15) is 0 Å². The van der Waals surface area contributed by atoms with Crippen LogP contribution in [0.2, 0.25) is 0 Å². The molecular formula is C27H26N4. The SMILES string of the molecule is Cc1cc(CNC2CC2)cc(C)c1-c1ncn(C)c1-c1ccc(C#N)c2ccccc12. The molecule has 1 aromatic heterocycles. The normalized spacial score (nSPS) is 13.5. The first-order valence-corrected chi connectivity index (χ1v) is 10.8. The second-order valence-electron chi connectivity index (χ2n) is 8.63. The summed E-state index contributed by atoms with van der Waals surface area (Å²) in [6.45, 7) is 5.28. The first kappa shape index (κ1) is 19.5. The summed E-state index contributed by atoms with van der Waals surface area (Å²) in [5.41, 5.74) is 8.87. The van der Waals surface area contributed by atoms with Crippen LogP contribution in [0.1, 0.15) is 35.1 Å². The summed E-state index contributed by atoms with van der Waals surface area (Å²) < 4.78 is 2.09. The van der Waals surface area contributed by atoms with Crippen molar-refractivity contribution >= 4 is 10.8 Å². The number of nitrogens with zero attached hydrogens (tertiary/aromatic N) is 3. The van der Waals surface area contributed by atoms with Crippen molar-refractivity contribution in [2.75, 3.05) is 0 Å². The highest BCUT2D eigenvalue weighted by Gasteiger charge is 2.22. The lowest BCUT2D eigenvalue weighted by molar-refractivity contribution is 0.687. The fraction of sp³-hybridized carbons (Fsp3) is 0.259. The Labute approximate surface area is 183 Å². The minimum atomic E-state index is 0.697. The van der Waals surface area contributed by atoms with Gasteiger partial charge in [0, 0.05) is 36.1 Å². The molecule has 1 N–H and O–H groups in total. The maximum absolute atomic E-state index is 9.55. The van der Waals surface area contributed by atoms with E-state index in [1.54, 1.807) is 0 Å². The Morgan fingerprint density at radius 2 is 1.77 bits per heavy atom. The molecule has 0 amide bonds. The standard InChI is InChI=1S/C27H26N4/c1-17-12-19(15-29-21-9-10-21)13-18(2)25(17)26-27(31(3)16-30-26)24-11-8-20(14-28)22-6-4-5-7-23(22)24/h4-8,11-13,16,21,29H,9-10,15H2,1-3H3. The van der Waals surface area contributed by atoms with Crippen molar-refractivity contribution < 1.29 is 0 Å². The second-order valence-corrected chi connectivity index (χ2v) is 8.63. The molecule has 0 unspecified atom stereocenters. The average molecular weight is 407 g/mol. The number of aryl methyl sites for hydroxylation is 3. The summed E-state index contributed by atoms with van der Waals surface area (Å²) in [6, 6.07) is 19.7. The lowest BCUT2D eigenvalue weighted by atomic mass is 9.92. The number of benzene rings is 3. The van der Waals surface area contributed by atoms with Crippen LogP contribution in [-0.4, -0.2) is 15.6 Å². The lowest BCUT2D eigenvalue weighted by Gasteiger charge is -2.15. The molecular weight excluding hydrogens is 380 g/mol. The second kappa shape index (κ2) is 7.68. The molecule has 4 aromatic rings. The summed E-state index contributed by atoms with van der Waals surface area (Å²) in [5, 5.41) is 15.2. The molecule has 0 radical (unpaired) electrons. The molecule has 4 heteroatoms. The molecule has 0 atom stereocenters. The molecule has 0 spiro atoms. The van der Waals surface area contributed by atoms with Gasteiger partial charge in [-0.3, -0.25) is 0 Å². The molecule has 1 heterocycles. The van der Waals surface area contributed by atoms with E-state index < -0.39 is 0 Å². The summed E-state index contributed by atoms with van der Waals surface area (Å²) in [7, 11) is 2.04. The summed E-state index contributed by atoms with van der Waals surface area (Å²) in [5.74, 6) is 0. The number of nitriles is 1. The van der Waals surface area contributed by atoms with E-state index in [0.717, 1.165) is 34.3 Å². The zero-order chi connectivity index (χ0) is 21.5. The van der Waals surface area contributed by atoms with Gasteiger partial charge in [0.05, 0.1) is 29.3 Å². The molecule has 0 bridgehead atoms. The Kier molecular flexibility index (Phi) is 4.84. The predicted molar refractivity (Wildman–Crippen MR) is 126 cm³/mol. The van der Waals surface area contributed by atoms with Crippen molar-refractivity contribution in [2.45, 2.75) is 39.3 Å². The van der Waals surface area contributed by atoms with Gasteiger partial charge in [-0.1, -0.05) is 42.5 Å². The van der Waals surface area contributed by atoms with Gasteiger partial charge in [0.2, 0.25) is 0 Å². The molecule has 1 saturated carbocycles. The van der Waals surface area contributed by atoms with Crippen LogP contribution in [0.4, 0.5) is 0 Å². The van der Waals surface area contributed by atoms with E-state index >= 15 is 0 Å². The zero-order valence-corrected chi connectivity index (χ0v) is 18.2. The van der Waals surface area contributed by atoms with E-state index in [-0.39, 0.29) is 0 Å². The smallest absolute Gasteiger partial charge is 0.0998 e. The Balaban J connectivity index is 1.65. The lowest BCUT2D eigenvalue weighted by Crippen LogP contribution is -2.15. The third kappa shape index (κ3) is 3.52. The highest BCUT2D eigenvalue weighted by atomic mass is 15.0. The van der Waals surface area contributed by atoms with E-state index in [2.05, 4.69) is 54.1 Å². The molecule has 1 aliphatic rings. The van der Waals surface area contributed by atoms with Crippen LogP contribution in [0.3, 0.4) is 0 Å². The Morgan fingerprint density at radius 1 is 1.06 bits per heavy atom. The molecule has 0 aliphatic heterocycles. The van der Waals surface area contributed by atoms with Gasteiger partial charge in [0.25, 0.3) is 0 Å². The number of hydrogen-bond acceptors (Lipinski definition) is 3. The number of rotatable bonds is 5. The Bertz CT molecular complexity index is 1310. The van der Waals surface area contributed by atoms with E-state index in [1.165, 1.54) is 35.1 Å². The van der Waals surface area contributed by atoms with Gasteiger partial charge < -0.3 is 9.88 Å². The monoisotopic (exact) mass is 406 g/mol. The van der Waals surface area contributed by atoms with Crippen LogP contribution in [0, 0.1) is 25.2 Å². The van der Waals surface area contributed by atoms with E-state index in [0.29, 0.717) is 11.6 Å². The third-order valence-corrected chi connectivity index (χ3v) is 6.24. The summed E-state index contributed by atoms with van der Waals surface area (Å²) in [4.78, 5) is 4.83. The van der Waals surface area contributed by atoms with Gasteiger partial charge in [-0.15, -0.1) is 0 Å². The maximum Gasteiger partial charge on any atom is 0.0998 e. The van der Waals surface area contributed by atoms with Crippen molar-refractivity contribution in [2.24, 2.45) is 7.05 Å². The fourth-order valence-electron chi connectivity index (χ4n) is 4.61. The number of fused-ring (bicyclic) bond motifs is 1. The molecule has 1 fully saturated rings. The fourth-order valence-corrected chi connectivity index (χ4v) is 4.61. The van der Waals surface area contributed by atoms with Gasteiger partial charge in [-0.2, -0.15) is 5.26 Å². The van der Waals surface area contributed by atoms with E-state index in [1.807, 2.05) is 37.6 Å². The molecule has 5 rings (SSSR count). The number of nitrogens with one attached hydrogen (secondary N) is 1. The van der Waals surface area contributed by atoms with Crippen LogP contribution in [0.25, 0.3) is 33.3 Å². The van der Waals surface area contributed by atoms with Crippen molar-refractivity contribution in [3.05, 3.63) is 77.1 Å². The largest absolute Gasteiger partial charge is 0.333 e. The van der Waals surface area contributed by atoms with Gasteiger partial charge in [-0.25, -0.2) is 4.98 Å². The quantitative estimate of drug-likeness (QED) is 0.466. The van der Waals surface area contributed by atoms with Gasteiger partial charge in [0.15, 0.2) is 0 Å². The van der Waals surface area contributed by atoms with Gasteiger partial charge >= 0.3 is 0 Å². The van der Waals surface area contributed by atoms with Crippen LogP contribution >= 0.6 is 0 Å². The molecule has 4 nitrogen and oxygen atoms in total. The number of hydrogen-bond donors (Lipinski definition) is 1. The van der Waals surface area contributed by atoms with Crippen molar-refractivity contribution in [3.63, 3.8) is 0 Å². The minimum Gasteiger partial charge on any atom is -0.333 e. The first-order valence-electron chi connectivity index (χ1n) is 10.8. The topological polar surface area (TPSA) is 53.6 Å². The summed E-state index contributed by atoms with van der Waals surface area (Å²) in [6.07, 6.45) is 4.48. The number of aromatic nitrogens is 2. The average Bonchev–Trinajstić information content (AvgIpc) is 3.53. The maximum atomic E-state index is 9.55. The van der Waals surface area contributed by atoms with Crippen molar-refractivity contribution in [1.29, 1.82) is 5.26 Å². The van der Waals surface area contributed by atoms with E-state index in [4.69, 9.17) is 4.98 Å². The Morgan fingerprint density at radius 3 is 2.45 bits per heavy atom. The molecule has 154 valence electrons. The predicted octanol–water partition coefficient (Wildman–Crippen LogP) is 5.65. The van der Waals surface area contributed by atoms with E-state index in [9.17, 15) is 5.26 Å². The Hall–Kier alpha value is -3.42. The van der Waals surface area contributed by atoms with Crippen LogP contribution < -0.4 is 5.32 Å².